The lowest BCUT2D eigenvalue weighted by molar-refractivity contribution is -0.123. The molecular weight excluding hydrogens is 295 g/mol. The zero-order valence-electron chi connectivity index (χ0n) is 13.0. The third-order valence-electron chi connectivity index (χ3n) is 3.51. The van der Waals surface area contributed by atoms with Crippen molar-refractivity contribution in [2.45, 2.75) is 25.9 Å². The Labute approximate surface area is 134 Å². The van der Waals surface area contributed by atoms with Gasteiger partial charge in [-0.3, -0.25) is 9.59 Å². The third kappa shape index (κ3) is 4.64. The largest absolute Gasteiger partial charge is 0.348 e. The van der Waals surface area contributed by atoms with Crippen LogP contribution in [0.2, 0.25) is 0 Å². The highest BCUT2D eigenvalue weighted by Gasteiger charge is 2.18. The average molecular weight is 314 g/mol. The summed E-state index contributed by atoms with van der Waals surface area (Å²) in [5.74, 6) is -0.926. The molecule has 2 aromatic carbocycles. The van der Waals surface area contributed by atoms with E-state index in [-0.39, 0.29) is 23.7 Å². The van der Waals surface area contributed by atoms with Gasteiger partial charge in [-0.1, -0.05) is 30.3 Å². The predicted molar refractivity (Wildman–Crippen MR) is 86.3 cm³/mol. The van der Waals surface area contributed by atoms with E-state index < -0.39 is 6.04 Å². The summed E-state index contributed by atoms with van der Waals surface area (Å²) in [5, 5.41) is 5.45. The van der Waals surface area contributed by atoms with Gasteiger partial charge in [0.2, 0.25) is 5.91 Å². The van der Waals surface area contributed by atoms with E-state index in [0.29, 0.717) is 5.56 Å². The quantitative estimate of drug-likeness (QED) is 0.891. The van der Waals surface area contributed by atoms with Crippen LogP contribution in [0.15, 0.2) is 54.6 Å². The molecule has 2 N–H and O–H groups in total. The lowest BCUT2D eigenvalue weighted by atomic mass is 10.1. The van der Waals surface area contributed by atoms with Crippen LogP contribution in [0.3, 0.4) is 0 Å². The van der Waals surface area contributed by atoms with Gasteiger partial charge in [0.1, 0.15) is 11.9 Å². The van der Waals surface area contributed by atoms with E-state index in [1.807, 2.05) is 6.07 Å². The highest BCUT2D eigenvalue weighted by Crippen LogP contribution is 2.13. The molecule has 0 saturated heterocycles. The first-order valence-electron chi connectivity index (χ1n) is 7.39. The van der Waals surface area contributed by atoms with Crippen molar-refractivity contribution >= 4 is 11.8 Å². The van der Waals surface area contributed by atoms with E-state index >= 15 is 0 Å². The molecule has 4 nitrogen and oxygen atoms in total. The molecule has 0 aliphatic carbocycles. The molecule has 2 unspecified atom stereocenters. The monoisotopic (exact) mass is 314 g/mol. The van der Waals surface area contributed by atoms with E-state index in [0.717, 1.165) is 5.56 Å². The van der Waals surface area contributed by atoms with Gasteiger partial charge in [0, 0.05) is 5.56 Å². The van der Waals surface area contributed by atoms with Gasteiger partial charge < -0.3 is 10.6 Å². The van der Waals surface area contributed by atoms with Gasteiger partial charge in [0.25, 0.3) is 5.91 Å². The Morgan fingerprint density at radius 2 is 1.52 bits per heavy atom. The average Bonchev–Trinajstić information content (AvgIpc) is 2.56. The Hall–Kier alpha value is -2.69. The minimum Gasteiger partial charge on any atom is -0.348 e. The molecule has 2 rings (SSSR count). The maximum atomic E-state index is 12.9. The summed E-state index contributed by atoms with van der Waals surface area (Å²) >= 11 is 0. The molecule has 2 aromatic rings. The number of hydrogen-bond donors (Lipinski definition) is 2. The number of carbonyl (C=O) groups excluding carboxylic acids is 2. The second kappa shape index (κ2) is 7.54. The molecule has 0 aliphatic heterocycles. The molecule has 0 radical (unpaired) electrons. The standard InChI is InChI=1S/C18H19FN2O2/c1-12(14-8-10-16(19)11-9-14)20-17(22)13(2)21-18(23)15-6-4-3-5-7-15/h3-13H,1-2H3,(H,20,22)(H,21,23). The smallest absolute Gasteiger partial charge is 0.251 e. The minimum atomic E-state index is -0.675. The topological polar surface area (TPSA) is 58.2 Å². The molecule has 0 fully saturated rings. The maximum Gasteiger partial charge on any atom is 0.251 e. The first-order valence-corrected chi connectivity index (χ1v) is 7.39. The fourth-order valence-corrected chi connectivity index (χ4v) is 2.11. The number of carbonyl (C=O) groups is 2. The Bertz CT molecular complexity index is 671. The van der Waals surface area contributed by atoms with Gasteiger partial charge in [0.05, 0.1) is 6.04 Å². The lowest BCUT2D eigenvalue weighted by Crippen LogP contribution is -2.45. The van der Waals surface area contributed by atoms with Gasteiger partial charge >= 0.3 is 0 Å². The van der Waals surface area contributed by atoms with Crippen LogP contribution >= 0.6 is 0 Å². The fourth-order valence-electron chi connectivity index (χ4n) is 2.11. The molecule has 0 heterocycles. The molecular formula is C18H19FN2O2. The maximum absolute atomic E-state index is 12.9. The van der Waals surface area contributed by atoms with Gasteiger partial charge in [0.15, 0.2) is 0 Å². The lowest BCUT2D eigenvalue weighted by Gasteiger charge is -2.19. The van der Waals surface area contributed by atoms with Crippen molar-refractivity contribution < 1.29 is 14.0 Å². The summed E-state index contributed by atoms with van der Waals surface area (Å²) in [6, 6.07) is 13.7. The summed E-state index contributed by atoms with van der Waals surface area (Å²) in [4.78, 5) is 24.2. The van der Waals surface area contributed by atoms with Crippen LogP contribution in [0.1, 0.15) is 35.8 Å². The van der Waals surface area contributed by atoms with Gasteiger partial charge in [-0.15, -0.1) is 0 Å². The van der Waals surface area contributed by atoms with Crippen LogP contribution < -0.4 is 10.6 Å². The van der Waals surface area contributed by atoms with Crippen LogP contribution in [-0.4, -0.2) is 17.9 Å². The highest BCUT2D eigenvalue weighted by molar-refractivity contribution is 5.97. The molecule has 2 amide bonds. The molecule has 0 bridgehead atoms. The normalized spacial score (nSPS) is 13.0. The van der Waals surface area contributed by atoms with Gasteiger partial charge in [-0.05, 0) is 43.7 Å². The van der Waals surface area contributed by atoms with E-state index in [2.05, 4.69) is 10.6 Å². The minimum absolute atomic E-state index is 0.279. The van der Waals surface area contributed by atoms with Crippen molar-refractivity contribution in [1.82, 2.24) is 10.6 Å². The number of rotatable bonds is 5. The van der Waals surface area contributed by atoms with E-state index in [9.17, 15) is 14.0 Å². The number of amides is 2. The Morgan fingerprint density at radius 3 is 2.13 bits per heavy atom. The SMILES string of the molecule is CC(NC(=O)c1ccccc1)C(=O)NC(C)c1ccc(F)cc1. The first-order chi connectivity index (χ1) is 11.0. The van der Waals surface area contributed by atoms with Crippen molar-refractivity contribution in [2.75, 3.05) is 0 Å². The summed E-state index contributed by atoms with van der Waals surface area (Å²) < 4.78 is 12.9. The summed E-state index contributed by atoms with van der Waals surface area (Å²) in [5.41, 5.74) is 1.29. The molecule has 0 aromatic heterocycles. The number of benzene rings is 2. The van der Waals surface area contributed by atoms with Crippen molar-refractivity contribution in [3.63, 3.8) is 0 Å². The Balaban J connectivity index is 1.92. The second-order valence-corrected chi connectivity index (χ2v) is 5.34. The van der Waals surface area contributed by atoms with E-state index in [1.54, 1.807) is 50.2 Å². The molecule has 120 valence electrons. The molecule has 0 saturated carbocycles. The molecule has 5 heteroatoms. The second-order valence-electron chi connectivity index (χ2n) is 5.34. The zero-order valence-corrected chi connectivity index (χ0v) is 13.0. The van der Waals surface area contributed by atoms with Crippen molar-refractivity contribution in [2.24, 2.45) is 0 Å². The molecule has 0 spiro atoms. The highest BCUT2D eigenvalue weighted by atomic mass is 19.1. The van der Waals surface area contributed by atoms with Crippen LogP contribution in [0.4, 0.5) is 4.39 Å². The number of hydrogen-bond acceptors (Lipinski definition) is 2. The summed E-state index contributed by atoms with van der Waals surface area (Å²) in [6.45, 7) is 3.42. The van der Waals surface area contributed by atoms with E-state index in [4.69, 9.17) is 0 Å². The summed E-state index contributed by atoms with van der Waals surface area (Å²) in [6.07, 6.45) is 0. The zero-order chi connectivity index (χ0) is 16.8. The number of nitrogens with one attached hydrogen (secondary N) is 2. The number of halogens is 1. The molecule has 23 heavy (non-hydrogen) atoms. The third-order valence-corrected chi connectivity index (χ3v) is 3.51. The van der Waals surface area contributed by atoms with Crippen LogP contribution in [0.25, 0.3) is 0 Å². The predicted octanol–water partition coefficient (Wildman–Crippen LogP) is 2.82. The Morgan fingerprint density at radius 1 is 0.913 bits per heavy atom. The van der Waals surface area contributed by atoms with Crippen LogP contribution in [-0.2, 0) is 4.79 Å². The fraction of sp³-hybridized carbons (Fsp3) is 0.222. The Kier molecular flexibility index (Phi) is 5.46. The van der Waals surface area contributed by atoms with Gasteiger partial charge in [-0.2, -0.15) is 0 Å². The first kappa shape index (κ1) is 16.7. The van der Waals surface area contributed by atoms with Crippen molar-refractivity contribution in [1.29, 1.82) is 0 Å². The van der Waals surface area contributed by atoms with Crippen molar-refractivity contribution in [3.8, 4) is 0 Å². The molecule has 2 atom stereocenters. The van der Waals surface area contributed by atoms with Crippen molar-refractivity contribution in [3.05, 3.63) is 71.5 Å². The van der Waals surface area contributed by atoms with Crippen LogP contribution in [0.5, 0.6) is 0 Å². The van der Waals surface area contributed by atoms with Crippen LogP contribution in [0, 0.1) is 5.82 Å². The molecule has 0 aliphatic rings. The van der Waals surface area contributed by atoms with Gasteiger partial charge in [-0.25, -0.2) is 4.39 Å². The van der Waals surface area contributed by atoms with E-state index in [1.165, 1.54) is 12.1 Å². The summed E-state index contributed by atoms with van der Waals surface area (Å²) in [7, 11) is 0.